The number of ether oxygens (including phenoxy) is 1. The van der Waals surface area contributed by atoms with Gasteiger partial charge in [-0.15, -0.1) is 0 Å². The summed E-state index contributed by atoms with van der Waals surface area (Å²) in [4.78, 5) is 11.9. The second-order valence-electron chi connectivity index (χ2n) is 4.47. The number of hydrogen-bond acceptors (Lipinski definition) is 3. The molecule has 0 saturated heterocycles. The highest BCUT2D eigenvalue weighted by Crippen LogP contribution is 2.26. The normalized spacial score (nSPS) is 15.8. The van der Waals surface area contributed by atoms with Crippen molar-refractivity contribution in [1.29, 1.82) is 0 Å². The molecule has 1 aliphatic rings. The quantitative estimate of drug-likeness (QED) is 0.790. The molecule has 1 N–H and O–H groups in total. The fourth-order valence-electron chi connectivity index (χ4n) is 1.81. The summed E-state index contributed by atoms with van der Waals surface area (Å²) in [5.41, 5.74) is 1.63. The molecule has 86 valence electrons. The van der Waals surface area contributed by atoms with E-state index < -0.39 is 6.10 Å². The largest absolute Gasteiger partial charge is 0.493 e. The third-order valence-corrected chi connectivity index (χ3v) is 2.87. The summed E-state index contributed by atoms with van der Waals surface area (Å²) in [7, 11) is 0. The van der Waals surface area contributed by atoms with Gasteiger partial charge >= 0.3 is 0 Å². The summed E-state index contributed by atoms with van der Waals surface area (Å²) in [6.45, 7) is 4.35. The second kappa shape index (κ2) is 4.26. The van der Waals surface area contributed by atoms with Gasteiger partial charge in [0.25, 0.3) is 0 Å². The smallest absolute Gasteiger partial charge is 0.191 e. The molecule has 2 rings (SSSR count). The van der Waals surface area contributed by atoms with Crippen LogP contribution in [0.15, 0.2) is 18.2 Å². The van der Waals surface area contributed by atoms with E-state index in [0.29, 0.717) is 12.2 Å². The van der Waals surface area contributed by atoms with Crippen LogP contribution >= 0.6 is 0 Å². The summed E-state index contributed by atoms with van der Waals surface area (Å²) in [6.07, 6.45) is -0.0748. The third-order valence-electron chi connectivity index (χ3n) is 2.87. The zero-order chi connectivity index (χ0) is 11.7. The number of rotatable bonds is 3. The number of Topliss-reactive ketones (excluding diaryl/α,β-unsaturated/α-hetero) is 1. The first-order valence-electron chi connectivity index (χ1n) is 5.57. The number of ketones is 1. The Bertz CT molecular complexity index is 410. The Morgan fingerprint density at radius 3 is 2.88 bits per heavy atom. The molecule has 3 nitrogen and oxygen atoms in total. The van der Waals surface area contributed by atoms with Gasteiger partial charge in [0.15, 0.2) is 5.78 Å². The van der Waals surface area contributed by atoms with E-state index in [2.05, 4.69) is 0 Å². The molecular formula is C13H16O3. The van der Waals surface area contributed by atoms with Crippen molar-refractivity contribution in [3.63, 3.8) is 0 Å². The molecule has 0 saturated carbocycles. The number of carbonyl (C=O) groups is 1. The molecule has 3 heteroatoms. The highest BCUT2D eigenvalue weighted by atomic mass is 16.5. The minimum absolute atomic E-state index is 0.0583. The lowest BCUT2D eigenvalue weighted by molar-refractivity contribution is 0.0648. The summed E-state index contributed by atoms with van der Waals surface area (Å²) in [6, 6.07) is 5.36. The van der Waals surface area contributed by atoms with Gasteiger partial charge in [0.2, 0.25) is 0 Å². The maximum atomic E-state index is 11.9. The lowest BCUT2D eigenvalue weighted by Crippen LogP contribution is -2.26. The molecule has 0 bridgehead atoms. The van der Waals surface area contributed by atoms with Gasteiger partial charge < -0.3 is 9.84 Å². The van der Waals surface area contributed by atoms with Gasteiger partial charge in [-0.2, -0.15) is 0 Å². The van der Waals surface area contributed by atoms with E-state index in [1.807, 2.05) is 26.0 Å². The first kappa shape index (κ1) is 11.1. The van der Waals surface area contributed by atoms with Gasteiger partial charge in [0.05, 0.1) is 6.61 Å². The standard InChI is InChI=1S/C13H16O3/c1-8(2)12(14)13(15)10-3-4-11-9(7-10)5-6-16-11/h3-4,7-8,12,14H,5-6H2,1-2H3. The van der Waals surface area contributed by atoms with Crippen LogP contribution in [0.5, 0.6) is 5.75 Å². The molecular weight excluding hydrogens is 204 g/mol. The summed E-state index contributed by atoms with van der Waals surface area (Å²) in [5, 5.41) is 9.72. The third kappa shape index (κ3) is 1.95. The SMILES string of the molecule is CC(C)C(O)C(=O)c1ccc2c(c1)CCO2. The number of fused-ring (bicyclic) bond motifs is 1. The Morgan fingerprint density at radius 1 is 1.44 bits per heavy atom. The van der Waals surface area contributed by atoms with Gasteiger partial charge in [-0.3, -0.25) is 4.79 Å². The van der Waals surface area contributed by atoms with Crippen molar-refractivity contribution in [2.24, 2.45) is 5.92 Å². The highest BCUT2D eigenvalue weighted by Gasteiger charge is 2.22. The van der Waals surface area contributed by atoms with Crippen LogP contribution in [-0.2, 0) is 6.42 Å². The number of benzene rings is 1. The van der Waals surface area contributed by atoms with Crippen LogP contribution in [0.4, 0.5) is 0 Å². The molecule has 0 fully saturated rings. The van der Waals surface area contributed by atoms with E-state index >= 15 is 0 Å². The first-order chi connectivity index (χ1) is 7.59. The summed E-state index contributed by atoms with van der Waals surface area (Å²) in [5.74, 6) is 0.595. The minimum Gasteiger partial charge on any atom is -0.493 e. The number of carbonyl (C=O) groups excluding carboxylic acids is 1. The molecule has 0 aliphatic carbocycles. The Kier molecular flexibility index (Phi) is 2.97. The average molecular weight is 220 g/mol. The number of aliphatic hydroxyl groups is 1. The van der Waals surface area contributed by atoms with Crippen LogP contribution in [0.25, 0.3) is 0 Å². The van der Waals surface area contributed by atoms with Crippen molar-refractivity contribution in [3.8, 4) is 5.75 Å². The van der Waals surface area contributed by atoms with Crippen LogP contribution in [0, 0.1) is 5.92 Å². The topological polar surface area (TPSA) is 46.5 Å². The van der Waals surface area contributed by atoms with Crippen molar-refractivity contribution in [2.45, 2.75) is 26.4 Å². The molecule has 1 aromatic carbocycles. The lowest BCUT2D eigenvalue weighted by atomic mass is 9.96. The van der Waals surface area contributed by atoms with Crippen LogP contribution in [0.1, 0.15) is 29.8 Å². The van der Waals surface area contributed by atoms with Gasteiger partial charge in [-0.25, -0.2) is 0 Å². The van der Waals surface area contributed by atoms with Crippen molar-refractivity contribution in [1.82, 2.24) is 0 Å². The molecule has 1 aliphatic heterocycles. The minimum atomic E-state index is -0.916. The molecule has 0 radical (unpaired) electrons. The van der Waals surface area contributed by atoms with Gasteiger partial charge in [0, 0.05) is 12.0 Å². The predicted molar refractivity (Wildman–Crippen MR) is 60.8 cm³/mol. The highest BCUT2D eigenvalue weighted by molar-refractivity contribution is 5.99. The number of hydrogen-bond donors (Lipinski definition) is 1. The van der Waals surface area contributed by atoms with Gasteiger partial charge in [-0.1, -0.05) is 13.8 Å². The molecule has 0 aromatic heterocycles. The van der Waals surface area contributed by atoms with Crippen LogP contribution in [-0.4, -0.2) is 23.6 Å². The van der Waals surface area contributed by atoms with Crippen molar-refractivity contribution in [3.05, 3.63) is 29.3 Å². The maximum absolute atomic E-state index is 11.9. The van der Waals surface area contributed by atoms with E-state index in [1.54, 1.807) is 6.07 Å². The lowest BCUT2D eigenvalue weighted by Gasteiger charge is -2.13. The maximum Gasteiger partial charge on any atom is 0.191 e. The summed E-state index contributed by atoms with van der Waals surface area (Å²) >= 11 is 0. The second-order valence-corrected chi connectivity index (χ2v) is 4.47. The molecule has 0 amide bonds. The van der Waals surface area contributed by atoms with Crippen LogP contribution in [0.3, 0.4) is 0 Å². The fraction of sp³-hybridized carbons (Fsp3) is 0.462. The van der Waals surface area contributed by atoms with Crippen molar-refractivity contribution in [2.75, 3.05) is 6.61 Å². The fourth-order valence-corrected chi connectivity index (χ4v) is 1.81. The van der Waals surface area contributed by atoms with Crippen LogP contribution in [0.2, 0.25) is 0 Å². The van der Waals surface area contributed by atoms with E-state index in [9.17, 15) is 9.90 Å². The molecule has 0 spiro atoms. The van der Waals surface area contributed by atoms with E-state index in [4.69, 9.17) is 4.74 Å². The molecule has 16 heavy (non-hydrogen) atoms. The van der Waals surface area contributed by atoms with Crippen molar-refractivity contribution >= 4 is 5.78 Å². The molecule has 1 heterocycles. The molecule has 1 aromatic rings. The zero-order valence-corrected chi connectivity index (χ0v) is 9.56. The first-order valence-corrected chi connectivity index (χ1v) is 5.57. The zero-order valence-electron chi connectivity index (χ0n) is 9.56. The molecule has 1 unspecified atom stereocenters. The Labute approximate surface area is 95.0 Å². The predicted octanol–water partition coefficient (Wildman–Crippen LogP) is 1.82. The molecule has 1 atom stereocenters. The van der Waals surface area contributed by atoms with Crippen LogP contribution < -0.4 is 4.74 Å². The Balaban J connectivity index is 2.25. The van der Waals surface area contributed by atoms with Gasteiger partial charge in [-0.05, 0) is 29.7 Å². The van der Waals surface area contributed by atoms with E-state index in [-0.39, 0.29) is 11.7 Å². The number of aliphatic hydroxyl groups excluding tert-OH is 1. The van der Waals surface area contributed by atoms with Crippen molar-refractivity contribution < 1.29 is 14.6 Å². The Morgan fingerprint density at radius 2 is 2.19 bits per heavy atom. The monoisotopic (exact) mass is 220 g/mol. The summed E-state index contributed by atoms with van der Waals surface area (Å²) < 4.78 is 5.37. The van der Waals surface area contributed by atoms with Gasteiger partial charge in [0.1, 0.15) is 11.9 Å². The van der Waals surface area contributed by atoms with E-state index in [0.717, 1.165) is 17.7 Å². The Hall–Kier alpha value is -1.35. The van der Waals surface area contributed by atoms with E-state index in [1.165, 1.54) is 0 Å². The average Bonchev–Trinajstić information content (AvgIpc) is 2.73.